The number of aryl methyl sites for hydroxylation is 1. The number of nitrogens with two attached hydrogens (primary N) is 3. The molecule has 0 saturated heterocycles. The van der Waals surface area contributed by atoms with E-state index in [-0.39, 0.29) is 23.9 Å². The lowest BCUT2D eigenvalue weighted by Crippen LogP contribution is -2.11. The van der Waals surface area contributed by atoms with Crippen molar-refractivity contribution < 1.29 is 18.5 Å². The summed E-state index contributed by atoms with van der Waals surface area (Å²) >= 11 is 0. The second-order valence-corrected chi connectivity index (χ2v) is 12.2. The molecule has 0 aliphatic rings. The summed E-state index contributed by atoms with van der Waals surface area (Å²) in [6.07, 6.45) is 0.784. The molecule has 0 fully saturated rings. The summed E-state index contributed by atoms with van der Waals surface area (Å²) in [7, 11) is 1.27. The summed E-state index contributed by atoms with van der Waals surface area (Å²) in [5.74, 6) is 1.64. The number of ether oxygens (including phenoxy) is 1. The van der Waals surface area contributed by atoms with Crippen molar-refractivity contribution in [3.8, 4) is 22.5 Å². The van der Waals surface area contributed by atoms with Gasteiger partial charge in [0.15, 0.2) is 28.3 Å². The maximum absolute atomic E-state index is 11.5. The Hall–Kier alpha value is -6.85. The van der Waals surface area contributed by atoms with Crippen LogP contribution in [0.25, 0.3) is 66.7 Å². The van der Waals surface area contributed by atoms with Crippen LogP contribution in [-0.2, 0) is 4.74 Å². The second-order valence-electron chi connectivity index (χ2n) is 12.2. The van der Waals surface area contributed by atoms with Gasteiger partial charge in [0, 0.05) is 23.2 Å². The maximum Gasteiger partial charge on any atom is 0.412 e. The molecular formula is C33H34N14O4. The number of methoxy groups -OCH3 is 1. The van der Waals surface area contributed by atoms with Gasteiger partial charge in [-0.05, 0) is 71.0 Å². The molecule has 18 nitrogen and oxygen atoms in total. The number of aromatic nitrogens is 10. The largest absolute Gasteiger partial charge is 0.453 e. The van der Waals surface area contributed by atoms with Crippen LogP contribution in [0.15, 0.2) is 51.7 Å². The highest BCUT2D eigenvalue weighted by atomic mass is 16.5. The smallest absolute Gasteiger partial charge is 0.412 e. The highest BCUT2D eigenvalue weighted by Gasteiger charge is 2.22. The predicted octanol–water partition coefficient (Wildman–Crippen LogP) is 5.66. The first-order valence-electron chi connectivity index (χ1n) is 15.9. The minimum Gasteiger partial charge on any atom is -0.453 e. The van der Waals surface area contributed by atoms with Gasteiger partial charge in [-0.1, -0.05) is 5.16 Å². The number of carbonyl (C=O) groups is 1. The fraction of sp³-hybridized carbons (Fsp3) is 0.242. The topological polar surface area (TPSA) is 256 Å². The summed E-state index contributed by atoms with van der Waals surface area (Å²) in [6.45, 7) is 9.93. The van der Waals surface area contributed by atoms with E-state index in [0.717, 1.165) is 27.9 Å². The number of rotatable bonds is 5. The number of benzene rings is 2. The highest BCUT2D eigenvalue weighted by Crippen LogP contribution is 2.36. The molecule has 0 atom stereocenters. The van der Waals surface area contributed by atoms with E-state index in [9.17, 15) is 4.79 Å². The van der Waals surface area contributed by atoms with Crippen molar-refractivity contribution in [3.63, 3.8) is 0 Å². The molecule has 7 N–H and O–H groups in total. The molecule has 0 bridgehead atoms. The summed E-state index contributed by atoms with van der Waals surface area (Å²) in [5.41, 5.74) is 24.1. The zero-order valence-corrected chi connectivity index (χ0v) is 28.5. The minimum absolute atomic E-state index is 0.0893. The van der Waals surface area contributed by atoms with Crippen molar-refractivity contribution >= 4 is 73.7 Å². The molecule has 1 amide bonds. The van der Waals surface area contributed by atoms with E-state index < -0.39 is 6.09 Å². The number of hydrogen-bond donors (Lipinski definition) is 4. The van der Waals surface area contributed by atoms with Crippen molar-refractivity contribution in [1.29, 1.82) is 0 Å². The Kier molecular flexibility index (Phi) is 8.04. The van der Waals surface area contributed by atoms with Crippen LogP contribution in [0.5, 0.6) is 0 Å². The fourth-order valence-corrected chi connectivity index (χ4v) is 5.71. The van der Waals surface area contributed by atoms with Crippen LogP contribution >= 0.6 is 0 Å². The van der Waals surface area contributed by atoms with Crippen molar-refractivity contribution in [2.75, 3.05) is 29.6 Å². The Morgan fingerprint density at radius 1 is 0.824 bits per heavy atom. The van der Waals surface area contributed by atoms with Gasteiger partial charge in [0.2, 0.25) is 0 Å². The van der Waals surface area contributed by atoms with Crippen LogP contribution in [0.3, 0.4) is 0 Å². The monoisotopic (exact) mass is 690 g/mol. The third-order valence-corrected chi connectivity index (χ3v) is 8.01. The van der Waals surface area contributed by atoms with E-state index >= 15 is 0 Å². The first kappa shape index (κ1) is 32.7. The van der Waals surface area contributed by atoms with Gasteiger partial charge >= 0.3 is 6.09 Å². The Balaban J connectivity index is 0.000000160. The highest BCUT2D eigenvalue weighted by molar-refractivity contribution is 6.03. The Morgan fingerprint density at radius 2 is 1.47 bits per heavy atom. The van der Waals surface area contributed by atoms with E-state index in [1.54, 1.807) is 10.7 Å². The number of amides is 1. The summed E-state index contributed by atoms with van der Waals surface area (Å²) in [6, 6.07) is 11.4. The molecule has 0 spiro atoms. The molecule has 8 aromatic rings. The van der Waals surface area contributed by atoms with Crippen LogP contribution in [-0.4, -0.2) is 62.8 Å². The fourth-order valence-electron chi connectivity index (χ4n) is 5.71. The van der Waals surface area contributed by atoms with Gasteiger partial charge in [0.1, 0.15) is 40.7 Å². The van der Waals surface area contributed by atoms with Crippen molar-refractivity contribution in [2.45, 2.75) is 46.7 Å². The van der Waals surface area contributed by atoms with Crippen molar-refractivity contribution in [3.05, 3.63) is 48.5 Å². The van der Waals surface area contributed by atoms with Gasteiger partial charge < -0.3 is 30.9 Å². The van der Waals surface area contributed by atoms with E-state index in [1.807, 2.05) is 69.6 Å². The normalized spacial score (nSPS) is 11.6. The third-order valence-electron chi connectivity index (χ3n) is 8.01. The minimum atomic E-state index is -0.636. The third kappa shape index (κ3) is 5.81. The molecule has 0 unspecified atom stereocenters. The number of oxazole rings is 1. The number of anilines is 4. The van der Waals surface area contributed by atoms with E-state index in [4.69, 9.17) is 31.2 Å². The van der Waals surface area contributed by atoms with Gasteiger partial charge in [0.05, 0.1) is 23.3 Å². The van der Waals surface area contributed by atoms with E-state index in [1.165, 1.54) is 13.4 Å². The molecular weight excluding hydrogens is 656 g/mol. The Bertz CT molecular complexity index is 2600. The second kappa shape index (κ2) is 12.6. The molecule has 2 aromatic carbocycles. The maximum atomic E-state index is 11.5. The standard InChI is InChI=1S/C17H17N7O3.C16H17N7O/c1-8(2)24-16-12(14(18)19-7-20-16)13(22-24)9-4-5-11-10(6-9)15(23-27-11)21-17(25)26-3;1-7(2)23-15-12(14(17)19-8(3)20-15)13(22-23)9-4-5-11-10(6-9)21-16(18)24-11/h4-8H,1-3H3,(H2,18,19,20)(H,21,23,25);4-7H,1-3H3,(H2,18,21)(H2,17,19,20). The van der Waals surface area contributed by atoms with Crippen LogP contribution in [0.2, 0.25) is 0 Å². The van der Waals surface area contributed by atoms with Gasteiger partial charge in [0.25, 0.3) is 6.01 Å². The molecule has 8 rings (SSSR count). The first-order valence-corrected chi connectivity index (χ1v) is 15.9. The van der Waals surface area contributed by atoms with Crippen LogP contribution in [0.4, 0.5) is 28.3 Å². The predicted molar refractivity (Wildman–Crippen MR) is 191 cm³/mol. The molecule has 51 heavy (non-hydrogen) atoms. The lowest BCUT2D eigenvalue weighted by atomic mass is 10.1. The summed E-state index contributed by atoms with van der Waals surface area (Å²) in [5, 5.41) is 17.8. The number of fused-ring (bicyclic) bond motifs is 4. The van der Waals surface area contributed by atoms with E-state index in [0.29, 0.717) is 56.3 Å². The van der Waals surface area contributed by atoms with Gasteiger partial charge in [-0.25, -0.2) is 34.1 Å². The van der Waals surface area contributed by atoms with Crippen molar-refractivity contribution in [2.24, 2.45) is 0 Å². The summed E-state index contributed by atoms with van der Waals surface area (Å²) in [4.78, 5) is 32.9. The van der Waals surface area contributed by atoms with Crippen LogP contribution in [0, 0.1) is 6.92 Å². The molecule has 6 aromatic heterocycles. The van der Waals surface area contributed by atoms with Gasteiger partial charge in [-0.2, -0.15) is 15.2 Å². The molecule has 0 aliphatic heterocycles. The average molecular weight is 691 g/mol. The number of nitrogens with zero attached hydrogens (tertiary/aromatic N) is 10. The van der Waals surface area contributed by atoms with Crippen LogP contribution in [0.1, 0.15) is 45.6 Å². The number of hydrogen-bond acceptors (Lipinski definition) is 15. The Morgan fingerprint density at radius 3 is 2.16 bits per heavy atom. The van der Waals surface area contributed by atoms with Gasteiger partial charge in [-0.3, -0.25) is 5.32 Å². The lowest BCUT2D eigenvalue weighted by molar-refractivity contribution is 0.186. The lowest BCUT2D eigenvalue weighted by Gasteiger charge is -2.06. The number of carbonyl (C=O) groups excluding carboxylic acids is 1. The molecule has 260 valence electrons. The molecule has 0 aliphatic carbocycles. The molecule has 18 heteroatoms. The molecule has 0 radical (unpaired) electrons. The summed E-state index contributed by atoms with van der Waals surface area (Å²) < 4.78 is 18.8. The SMILES string of the molecule is COC(=O)Nc1noc2ccc(-c3nn(C(C)C)c4ncnc(N)c34)cc12.Cc1nc(N)c2c(-c3ccc4oc(N)nc4c3)nn(C(C)C)c2n1. The quantitative estimate of drug-likeness (QED) is 0.170. The van der Waals surface area contributed by atoms with Crippen molar-refractivity contribution in [1.82, 2.24) is 49.6 Å². The van der Waals surface area contributed by atoms with E-state index in [2.05, 4.69) is 45.2 Å². The Labute approximate surface area is 289 Å². The number of nitrogen functional groups attached to an aromatic ring is 3. The zero-order chi connectivity index (χ0) is 36.1. The zero-order valence-electron chi connectivity index (χ0n) is 28.5. The molecule has 6 heterocycles. The van der Waals surface area contributed by atoms with Gasteiger partial charge in [-0.15, -0.1) is 0 Å². The average Bonchev–Trinajstić information content (AvgIpc) is 3.87. The number of nitrogens with one attached hydrogen (secondary N) is 1. The van der Waals surface area contributed by atoms with Crippen LogP contribution < -0.4 is 22.5 Å². The molecule has 0 saturated carbocycles. The first-order chi connectivity index (χ1) is 24.4.